The maximum atomic E-state index is 10.2. The zero-order chi connectivity index (χ0) is 16.9. The van der Waals surface area contributed by atoms with Gasteiger partial charge in [0.1, 0.15) is 5.75 Å². The molecule has 2 aromatic rings. The van der Waals surface area contributed by atoms with Gasteiger partial charge in [0.15, 0.2) is 5.11 Å². The number of hydrogen-bond acceptors (Lipinski definition) is 3. The molecular weight excluding hydrogens is 318 g/mol. The number of nitrogens with zero attached hydrogens (tertiary/aromatic N) is 1. The highest BCUT2D eigenvalue weighted by molar-refractivity contribution is 7.80. The summed E-state index contributed by atoms with van der Waals surface area (Å²) in [5.41, 5.74) is 8.17. The van der Waals surface area contributed by atoms with Crippen LogP contribution in [-0.2, 0) is 13.0 Å². The van der Waals surface area contributed by atoms with Gasteiger partial charge in [-0.2, -0.15) is 5.10 Å². The topological polar surface area (TPSA) is 56.7 Å². The van der Waals surface area contributed by atoms with Crippen molar-refractivity contribution in [2.45, 2.75) is 32.7 Å². The highest BCUT2D eigenvalue weighted by atomic mass is 32.1. The van der Waals surface area contributed by atoms with Crippen molar-refractivity contribution in [1.29, 1.82) is 0 Å². The zero-order valence-electron chi connectivity index (χ0n) is 13.7. The van der Waals surface area contributed by atoms with Crippen LogP contribution in [0.2, 0.25) is 0 Å². The third-order valence-electron chi connectivity index (χ3n) is 4.24. The first kappa shape index (κ1) is 16.5. The number of hydrogen-bond donors (Lipinski definition) is 3. The molecule has 0 unspecified atom stereocenters. The molecule has 0 amide bonds. The second kappa shape index (κ2) is 7.45. The van der Waals surface area contributed by atoms with Gasteiger partial charge in [-0.15, -0.1) is 0 Å². The quantitative estimate of drug-likeness (QED) is 0.592. The van der Waals surface area contributed by atoms with Crippen LogP contribution in [0.3, 0.4) is 0 Å². The molecular formula is C19H21N3OS. The molecule has 3 N–H and O–H groups in total. The number of nitrogens with one attached hydrogen (secondary N) is 2. The summed E-state index contributed by atoms with van der Waals surface area (Å²) >= 11 is 5.29. The fourth-order valence-corrected chi connectivity index (χ4v) is 3.11. The second-order valence-electron chi connectivity index (χ2n) is 5.95. The molecule has 0 saturated heterocycles. The van der Waals surface area contributed by atoms with Crippen molar-refractivity contribution < 1.29 is 5.11 Å². The molecule has 0 fully saturated rings. The van der Waals surface area contributed by atoms with Crippen LogP contribution in [0.1, 0.15) is 35.1 Å². The summed E-state index contributed by atoms with van der Waals surface area (Å²) in [6.45, 7) is 2.72. The first-order valence-corrected chi connectivity index (χ1v) is 8.52. The van der Waals surface area contributed by atoms with Crippen LogP contribution in [0.5, 0.6) is 5.75 Å². The Morgan fingerprint density at radius 3 is 2.75 bits per heavy atom. The van der Waals surface area contributed by atoms with Gasteiger partial charge in [-0.3, -0.25) is 5.43 Å². The average Bonchev–Trinajstić information content (AvgIpc) is 2.62. The summed E-state index contributed by atoms with van der Waals surface area (Å²) in [5.74, 6) is 0.291. The number of aromatic hydroxyl groups is 1. The average molecular weight is 339 g/mol. The number of benzene rings is 2. The molecule has 0 atom stereocenters. The molecule has 0 heterocycles. The molecule has 0 aromatic heterocycles. The van der Waals surface area contributed by atoms with Gasteiger partial charge in [0, 0.05) is 12.1 Å². The Bertz CT molecular complexity index is 772. The van der Waals surface area contributed by atoms with Gasteiger partial charge < -0.3 is 10.4 Å². The minimum Gasteiger partial charge on any atom is -0.507 e. The van der Waals surface area contributed by atoms with E-state index in [1.54, 1.807) is 6.07 Å². The lowest BCUT2D eigenvalue weighted by atomic mass is 9.86. The van der Waals surface area contributed by atoms with E-state index in [9.17, 15) is 5.11 Å². The highest BCUT2D eigenvalue weighted by Gasteiger charge is 2.21. The first-order chi connectivity index (χ1) is 11.6. The fraction of sp³-hybridized carbons (Fsp3) is 0.263. The zero-order valence-corrected chi connectivity index (χ0v) is 14.5. The Morgan fingerprint density at radius 1 is 1.17 bits per heavy atom. The van der Waals surface area contributed by atoms with E-state index in [0.717, 1.165) is 36.1 Å². The molecule has 4 nitrogen and oxygen atoms in total. The lowest BCUT2D eigenvalue weighted by Crippen LogP contribution is -2.32. The molecule has 1 aliphatic rings. The Balaban J connectivity index is 1.68. The van der Waals surface area contributed by atoms with E-state index in [1.807, 2.05) is 36.4 Å². The van der Waals surface area contributed by atoms with Gasteiger partial charge in [0.05, 0.1) is 5.71 Å². The lowest BCUT2D eigenvalue weighted by Gasteiger charge is -2.21. The third kappa shape index (κ3) is 3.74. The molecule has 0 radical (unpaired) electrons. The van der Waals surface area contributed by atoms with Crippen molar-refractivity contribution >= 4 is 23.0 Å². The standard InChI is InChI=1S/C19H21N3OS/c1-13-10-11-17(23)18-15(13)8-5-9-16(18)21-22-19(24)20-12-14-6-3-2-4-7-14/h2-4,6-7,10-11,23H,5,8-9,12H2,1H3,(H2,20,22,24)/b21-16+. The SMILES string of the molecule is Cc1ccc(O)c2c1CCC/C2=N\NC(=S)NCc1ccccc1. The van der Waals surface area contributed by atoms with Crippen molar-refractivity contribution in [2.24, 2.45) is 5.10 Å². The smallest absolute Gasteiger partial charge is 0.187 e. The fourth-order valence-electron chi connectivity index (χ4n) is 2.99. The summed E-state index contributed by atoms with van der Waals surface area (Å²) in [4.78, 5) is 0. The molecule has 1 aliphatic carbocycles. The van der Waals surface area contributed by atoms with E-state index in [-0.39, 0.29) is 0 Å². The van der Waals surface area contributed by atoms with Gasteiger partial charge in [0.2, 0.25) is 0 Å². The van der Waals surface area contributed by atoms with Crippen LogP contribution in [0, 0.1) is 6.92 Å². The number of hydrazone groups is 1. The molecule has 124 valence electrons. The van der Waals surface area contributed by atoms with Gasteiger partial charge >= 0.3 is 0 Å². The molecule has 0 spiro atoms. The minimum atomic E-state index is 0.291. The summed E-state index contributed by atoms with van der Waals surface area (Å²) in [7, 11) is 0. The summed E-state index contributed by atoms with van der Waals surface area (Å²) in [5, 5.41) is 18.3. The molecule has 0 bridgehead atoms. The number of phenols is 1. The lowest BCUT2D eigenvalue weighted by molar-refractivity contribution is 0.472. The Kier molecular flexibility index (Phi) is 5.11. The second-order valence-corrected chi connectivity index (χ2v) is 6.36. The molecule has 5 heteroatoms. The molecule has 3 rings (SSSR count). The predicted octanol–water partition coefficient (Wildman–Crippen LogP) is 3.41. The summed E-state index contributed by atoms with van der Waals surface area (Å²) in [6.07, 6.45) is 2.84. The van der Waals surface area contributed by atoms with E-state index in [1.165, 1.54) is 11.1 Å². The predicted molar refractivity (Wildman–Crippen MR) is 101 cm³/mol. The van der Waals surface area contributed by atoms with Crippen LogP contribution in [0.25, 0.3) is 0 Å². The highest BCUT2D eigenvalue weighted by Crippen LogP contribution is 2.31. The van der Waals surface area contributed by atoms with Gasteiger partial charge in [0.25, 0.3) is 0 Å². The molecule has 0 aliphatic heterocycles. The number of thiocarbonyl (C=S) groups is 1. The van der Waals surface area contributed by atoms with Crippen LogP contribution in [0.15, 0.2) is 47.6 Å². The Morgan fingerprint density at radius 2 is 1.96 bits per heavy atom. The van der Waals surface area contributed by atoms with Crippen LogP contribution < -0.4 is 10.7 Å². The maximum Gasteiger partial charge on any atom is 0.187 e. The molecule has 2 aromatic carbocycles. The third-order valence-corrected chi connectivity index (χ3v) is 4.48. The van der Waals surface area contributed by atoms with Gasteiger partial charge in [-0.25, -0.2) is 0 Å². The monoisotopic (exact) mass is 339 g/mol. The number of fused-ring (bicyclic) bond motifs is 1. The van der Waals surface area contributed by atoms with Crippen LogP contribution in [0.4, 0.5) is 0 Å². The Hall–Kier alpha value is -2.40. The maximum absolute atomic E-state index is 10.2. The van der Waals surface area contributed by atoms with Crippen molar-refractivity contribution in [1.82, 2.24) is 10.7 Å². The van der Waals surface area contributed by atoms with E-state index < -0.39 is 0 Å². The van der Waals surface area contributed by atoms with Crippen molar-refractivity contribution in [2.75, 3.05) is 0 Å². The first-order valence-electron chi connectivity index (χ1n) is 8.11. The number of phenolic OH excluding ortho intramolecular Hbond substituents is 1. The van der Waals surface area contributed by atoms with E-state index in [2.05, 4.69) is 22.8 Å². The molecule has 24 heavy (non-hydrogen) atoms. The number of rotatable bonds is 3. The van der Waals surface area contributed by atoms with Crippen molar-refractivity contribution in [3.8, 4) is 5.75 Å². The van der Waals surface area contributed by atoms with Gasteiger partial charge in [-0.05, 0) is 61.2 Å². The van der Waals surface area contributed by atoms with Crippen LogP contribution >= 0.6 is 12.2 Å². The largest absolute Gasteiger partial charge is 0.507 e. The number of aryl methyl sites for hydroxylation is 1. The van der Waals surface area contributed by atoms with E-state index in [0.29, 0.717) is 17.4 Å². The Labute approximate surface area is 147 Å². The van der Waals surface area contributed by atoms with E-state index in [4.69, 9.17) is 12.2 Å². The van der Waals surface area contributed by atoms with E-state index >= 15 is 0 Å². The normalized spacial score (nSPS) is 15.0. The minimum absolute atomic E-state index is 0.291. The van der Waals surface area contributed by atoms with Crippen molar-refractivity contribution in [3.63, 3.8) is 0 Å². The molecule has 0 saturated carbocycles. The summed E-state index contributed by atoms with van der Waals surface area (Å²) < 4.78 is 0. The van der Waals surface area contributed by atoms with Crippen LogP contribution in [-0.4, -0.2) is 15.9 Å². The van der Waals surface area contributed by atoms with Crippen molar-refractivity contribution in [3.05, 3.63) is 64.7 Å². The van der Waals surface area contributed by atoms with Gasteiger partial charge in [-0.1, -0.05) is 36.4 Å². The summed E-state index contributed by atoms with van der Waals surface area (Å²) in [6, 6.07) is 13.8.